The number of carbonyl (C=O) groups excluding carboxylic acids is 2. The molecule has 1 aromatic carbocycles. The highest BCUT2D eigenvalue weighted by Gasteiger charge is 2.37. The van der Waals surface area contributed by atoms with Gasteiger partial charge in [0.1, 0.15) is 11.5 Å². The van der Waals surface area contributed by atoms with E-state index in [1.807, 2.05) is 26.0 Å². The van der Waals surface area contributed by atoms with E-state index in [2.05, 4.69) is 4.90 Å². The number of rotatable bonds is 5. The number of imide groups is 1. The van der Waals surface area contributed by atoms with Gasteiger partial charge in [0.2, 0.25) is 0 Å². The number of thioether (sulfide) groups is 1. The van der Waals surface area contributed by atoms with Crippen molar-refractivity contribution in [2.75, 3.05) is 32.2 Å². The Bertz CT molecular complexity index is 754. The van der Waals surface area contributed by atoms with E-state index in [0.29, 0.717) is 10.7 Å². The normalized spacial score (nSPS) is 19.2. The molecule has 0 aromatic heterocycles. The average molecular weight is 376 g/mol. The molecule has 2 amide bonds. The van der Waals surface area contributed by atoms with Gasteiger partial charge in [0, 0.05) is 30.8 Å². The Labute approximate surface area is 158 Å². The van der Waals surface area contributed by atoms with Crippen molar-refractivity contribution in [3.8, 4) is 11.5 Å². The summed E-state index contributed by atoms with van der Waals surface area (Å²) in [6.07, 6.45) is 4.04. The van der Waals surface area contributed by atoms with Gasteiger partial charge >= 0.3 is 0 Å². The second-order valence-corrected chi connectivity index (χ2v) is 7.60. The molecule has 6 nitrogen and oxygen atoms in total. The summed E-state index contributed by atoms with van der Waals surface area (Å²) in [7, 11) is 3.24. The van der Waals surface area contributed by atoms with Gasteiger partial charge in [0.15, 0.2) is 0 Å². The molecular weight excluding hydrogens is 352 g/mol. The summed E-state index contributed by atoms with van der Waals surface area (Å²) >= 11 is 0.959. The maximum absolute atomic E-state index is 12.5. The van der Waals surface area contributed by atoms with Crippen molar-refractivity contribution in [3.63, 3.8) is 0 Å². The molecule has 0 spiro atoms. The van der Waals surface area contributed by atoms with Gasteiger partial charge in [0.25, 0.3) is 11.1 Å². The molecule has 0 atom stereocenters. The van der Waals surface area contributed by atoms with Gasteiger partial charge < -0.3 is 14.4 Å². The maximum atomic E-state index is 12.5. The van der Waals surface area contributed by atoms with Crippen LogP contribution in [0.15, 0.2) is 17.0 Å². The lowest BCUT2D eigenvalue weighted by Crippen LogP contribution is -2.34. The molecule has 0 aliphatic carbocycles. The summed E-state index contributed by atoms with van der Waals surface area (Å²) in [5.41, 5.74) is 1.72. The fourth-order valence-corrected chi connectivity index (χ4v) is 4.24. The molecule has 0 N–H and O–H groups in total. The predicted octanol–water partition coefficient (Wildman–Crippen LogP) is 3.75. The lowest BCUT2D eigenvalue weighted by molar-refractivity contribution is -0.123. The second kappa shape index (κ2) is 7.61. The van der Waals surface area contributed by atoms with Gasteiger partial charge in [-0.2, -0.15) is 0 Å². The van der Waals surface area contributed by atoms with Gasteiger partial charge in [-0.3, -0.25) is 14.5 Å². The highest BCUT2D eigenvalue weighted by atomic mass is 32.2. The number of methoxy groups -OCH3 is 2. The van der Waals surface area contributed by atoms with Crippen molar-refractivity contribution in [1.29, 1.82) is 0 Å². The van der Waals surface area contributed by atoms with Gasteiger partial charge in [0.05, 0.1) is 24.8 Å². The van der Waals surface area contributed by atoms with Gasteiger partial charge in [-0.1, -0.05) is 0 Å². The molecule has 2 heterocycles. The highest BCUT2D eigenvalue weighted by molar-refractivity contribution is 8.18. The van der Waals surface area contributed by atoms with Crippen LogP contribution in [0.3, 0.4) is 0 Å². The van der Waals surface area contributed by atoms with Gasteiger partial charge in [-0.05, 0) is 50.6 Å². The molecule has 0 unspecified atom stereocenters. The summed E-state index contributed by atoms with van der Waals surface area (Å²) < 4.78 is 11.1. The fourth-order valence-electron chi connectivity index (χ4n) is 3.29. The molecule has 0 radical (unpaired) electrons. The molecule has 26 heavy (non-hydrogen) atoms. The summed E-state index contributed by atoms with van der Waals surface area (Å²) in [4.78, 5) is 28.6. The quantitative estimate of drug-likeness (QED) is 0.730. The van der Waals surface area contributed by atoms with Crippen molar-refractivity contribution in [1.82, 2.24) is 4.90 Å². The Hall–Kier alpha value is -2.15. The largest absolute Gasteiger partial charge is 0.496 e. The number of hydrogen-bond acceptors (Lipinski definition) is 6. The van der Waals surface area contributed by atoms with E-state index >= 15 is 0 Å². The summed E-state index contributed by atoms with van der Waals surface area (Å²) in [6, 6.07) is 3.65. The first kappa shape index (κ1) is 18.6. The zero-order valence-electron chi connectivity index (χ0n) is 15.6. The van der Waals surface area contributed by atoms with Gasteiger partial charge in [-0.15, -0.1) is 0 Å². The van der Waals surface area contributed by atoms with E-state index in [1.165, 1.54) is 4.90 Å². The van der Waals surface area contributed by atoms with Crippen LogP contribution in [0.2, 0.25) is 0 Å². The number of amides is 2. The van der Waals surface area contributed by atoms with Gasteiger partial charge in [-0.25, -0.2) is 0 Å². The third-order valence-corrected chi connectivity index (χ3v) is 5.49. The number of hydrogen-bond donors (Lipinski definition) is 0. The van der Waals surface area contributed by atoms with Crippen LogP contribution >= 0.6 is 11.8 Å². The zero-order valence-corrected chi connectivity index (χ0v) is 16.4. The van der Waals surface area contributed by atoms with E-state index in [1.54, 1.807) is 20.3 Å². The van der Waals surface area contributed by atoms with Crippen molar-refractivity contribution >= 4 is 34.7 Å². The topological polar surface area (TPSA) is 59.1 Å². The van der Waals surface area contributed by atoms with Crippen LogP contribution in [0.5, 0.6) is 11.5 Å². The molecule has 2 aliphatic rings. The molecule has 2 saturated heterocycles. The number of benzene rings is 1. The van der Waals surface area contributed by atoms with Crippen LogP contribution in [0.4, 0.5) is 10.5 Å². The first-order valence-corrected chi connectivity index (χ1v) is 9.56. The Morgan fingerprint density at radius 3 is 2.27 bits per heavy atom. The summed E-state index contributed by atoms with van der Waals surface area (Å²) in [6.45, 7) is 5.64. The molecule has 2 aliphatic heterocycles. The monoisotopic (exact) mass is 376 g/mol. The van der Waals surface area contributed by atoms with Crippen LogP contribution in [0.1, 0.15) is 32.3 Å². The summed E-state index contributed by atoms with van der Waals surface area (Å²) in [5.74, 6) is 1.13. The number of ether oxygens (including phenoxy) is 2. The Balaban J connectivity index is 2.00. The predicted molar refractivity (Wildman–Crippen MR) is 104 cm³/mol. The van der Waals surface area contributed by atoms with Crippen molar-refractivity contribution in [2.24, 2.45) is 0 Å². The van der Waals surface area contributed by atoms with Crippen molar-refractivity contribution in [2.45, 2.75) is 32.7 Å². The third kappa shape index (κ3) is 3.40. The van der Waals surface area contributed by atoms with E-state index in [0.717, 1.165) is 54.7 Å². The Morgan fingerprint density at radius 1 is 1.08 bits per heavy atom. The molecule has 7 heteroatoms. The van der Waals surface area contributed by atoms with Crippen molar-refractivity contribution < 1.29 is 19.1 Å². The molecule has 2 fully saturated rings. The van der Waals surface area contributed by atoms with E-state index < -0.39 is 0 Å². The number of nitrogens with zero attached hydrogens (tertiary/aromatic N) is 2. The summed E-state index contributed by atoms with van der Waals surface area (Å²) in [5, 5.41) is -0.240. The van der Waals surface area contributed by atoms with Crippen LogP contribution in [-0.2, 0) is 4.79 Å². The second-order valence-electron chi connectivity index (χ2n) is 6.61. The smallest absolute Gasteiger partial charge is 0.293 e. The lowest BCUT2D eigenvalue weighted by atomic mass is 10.1. The van der Waals surface area contributed by atoms with Crippen LogP contribution < -0.4 is 14.4 Å². The van der Waals surface area contributed by atoms with Crippen LogP contribution in [-0.4, -0.2) is 49.4 Å². The molecular formula is C19H24N2O4S. The van der Waals surface area contributed by atoms with Crippen molar-refractivity contribution in [3.05, 3.63) is 22.6 Å². The maximum Gasteiger partial charge on any atom is 0.293 e. The minimum Gasteiger partial charge on any atom is -0.496 e. The van der Waals surface area contributed by atoms with E-state index in [9.17, 15) is 9.59 Å². The minimum atomic E-state index is -0.264. The Kier molecular flexibility index (Phi) is 5.46. The van der Waals surface area contributed by atoms with E-state index in [4.69, 9.17) is 9.47 Å². The molecule has 3 rings (SSSR count). The Morgan fingerprint density at radius 2 is 1.73 bits per heavy atom. The number of anilines is 1. The first-order chi connectivity index (χ1) is 12.5. The SMILES string of the molecule is COc1cc(N2CCCC2)c(OC)cc1/C=C1\SC(=O)N(C(C)C)C1=O. The standard InChI is InChI=1S/C19H24N2O4S/c1-12(2)21-18(22)17(26-19(21)23)10-13-9-16(25-4)14(11-15(13)24-3)20-7-5-6-8-20/h9-12H,5-8H2,1-4H3/b17-10-. The third-order valence-electron chi connectivity index (χ3n) is 4.60. The zero-order chi connectivity index (χ0) is 18.8. The molecule has 140 valence electrons. The highest BCUT2D eigenvalue weighted by Crippen LogP contribution is 2.40. The van der Waals surface area contributed by atoms with Crippen LogP contribution in [0.25, 0.3) is 6.08 Å². The lowest BCUT2D eigenvalue weighted by Gasteiger charge is -2.22. The number of carbonyl (C=O) groups is 2. The molecule has 0 bridgehead atoms. The molecule has 0 saturated carbocycles. The minimum absolute atomic E-state index is 0.164. The van der Waals surface area contributed by atoms with Crippen LogP contribution in [0, 0.1) is 0 Å². The fraction of sp³-hybridized carbons (Fsp3) is 0.474. The average Bonchev–Trinajstić information content (AvgIpc) is 3.23. The van der Waals surface area contributed by atoms with E-state index in [-0.39, 0.29) is 17.2 Å². The molecule has 1 aromatic rings. The first-order valence-electron chi connectivity index (χ1n) is 8.74.